The Morgan fingerprint density at radius 2 is 2.00 bits per heavy atom. The maximum atomic E-state index is 12.1. The second kappa shape index (κ2) is 6.88. The van der Waals surface area contributed by atoms with Crippen LogP contribution in [0.15, 0.2) is 42.5 Å². The van der Waals surface area contributed by atoms with Crippen LogP contribution in [0.3, 0.4) is 0 Å². The first-order valence-electron chi connectivity index (χ1n) is 7.13. The molecule has 0 saturated carbocycles. The van der Waals surface area contributed by atoms with E-state index in [1.165, 1.54) is 5.56 Å². The van der Waals surface area contributed by atoms with Crippen LogP contribution < -0.4 is 11.1 Å². The van der Waals surface area contributed by atoms with E-state index in [1.807, 2.05) is 25.1 Å². The summed E-state index contributed by atoms with van der Waals surface area (Å²) in [5.41, 5.74) is 8.26. The number of amides is 1. The van der Waals surface area contributed by atoms with E-state index >= 15 is 0 Å². The summed E-state index contributed by atoms with van der Waals surface area (Å²) in [5, 5.41) is 2.93. The molecule has 0 aliphatic carbocycles. The number of pyridine rings is 1. The molecule has 1 aromatic carbocycles. The molecule has 0 aliphatic heterocycles. The van der Waals surface area contributed by atoms with E-state index in [-0.39, 0.29) is 5.91 Å². The lowest BCUT2D eigenvalue weighted by Gasteiger charge is -2.12. The van der Waals surface area contributed by atoms with Gasteiger partial charge in [-0.25, -0.2) is 4.98 Å². The Hall–Kier alpha value is -2.36. The number of carbonyl (C=O) groups excluding carboxylic acids is 1. The third kappa shape index (κ3) is 4.31. The van der Waals surface area contributed by atoms with Gasteiger partial charge >= 0.3 is 0 Å². The molecule has 1 atom stereocenters. The lowest BCUT2D eigenvalue weighted by atomic mass is 9.98. The molecule has 2 rings (SSSR count). The predicted molar refractivity (Wildman–Crippen MR) is 85.2 cm³/mol. The number of nitrogens with one attached hydrogen (secondary N) is 1. The maximum absolute atomic E-state index is 12.1. The predicted octanol–water partition coefficient (Wildman–Crippen LogP) is 2.90. The van der Waals surface area contributed by atoms with Gasteiger partial charge in [0, 0.05) is 17.8 Å². The second-order valence-corrected chi connectivity index (χ2v) is 5.28. The number of benzene rings is 1. The van der Waals surface area contributed by atoms with Gasteiger partial charge in [0.25, 0.3) is 5.91 Å². The van der Waals surface area contributed by atoms with E-state index in [9.17, 15) is 4.79 Å². The Labute approximate surface area is 125 Å². The van der Waals surface area contributed by atoms with Gasteiger partial charge in [0.05, 0.1) is 0 Å². The van der Waals surface area contributed by atoms with Crippen LogP contribution in [-0.2, 0) is 0 Å². The van der Waals surface area contributed by atoms with Crippen molar-refractivity contribution in [1.82, 2.24) is 10.3 Å². The van der Waals surface area contributed by atoms with Crippen molar-refractivity contribution in [3.05, 3.63) is 59.3 Å². The highest BCUT2D eigenvalue weighted by Crippen LogP contribution is 2.17. The van der Waals surface area contributed by atoms with E-state index in [1.54, 1.807) is 12.1 Å². The number of nitrogen functional groups attached to an aromatic ring is 1. The Kier molecular flexibility index (Phi) is 4.93. The van der Waals surface area contributed by atoms with Gasteiger partial charge in [-0.2, -0.15) is 0 Å². The fourth-order valence-electron chi connectivity index (χ4n) is 2.28. The fourth-order valence-corrected chi connectivity index (χ4v) is 2.28. The van der Waals surface area contributed by atoms with Crippen LogP contribution in [0.2, 0.25) is 0 Å². The number of nitrogens with two attached hydrogens (primary N) is 1. The van der Waals surface area contributed by atoms with E-state index in [2.05, 4.69) is 29.4 Å². The number of hydrogen-bond acceptors (Lipinski definition) is 3. The van der Waals surface area contributed by atoms with Crippen LogP contribution in [0, 0.1) is 6.92 Å². The molecule has 3 N–H and O–H groups in total. The van der Waals surface area contributed by atoms with Gasteiger partial charge in [-0.1, -0.05) is 37.3 Å². The molecule has 1 aromatic heterocycles. The molecule has 0 saturated heterocycles. The van der Waals surface area contributed by atoms with Crippen LogP contribution in [0.4, 0.5) is 5.82 Å². The van der Waals surface area contributed by atoms with E-state index in [4.69, 9.17) is 5.73 Å². The van der Waals surface area contributed by atoms with Gasteiger partial charge < -0.3 is 11.1 Å². The van der Waals surface area contributed by atoms with Gasteiger partial charge in [0.1, 0.15) is 5.82 Å². The smallest absolute Gasteiger partial charge is 0.251 e. The third-order valence-corrected chi connectivity index (χ3v) is 3.47. The highest BCUT2D eigenvalue weighted by atomic mass is 16.1. The molecule has 1 unspecified atom stereocenters. The molecule has 21 heavy (non-hydrogen) atoms. The zero-order chi connectivity index (χ0) is 15.2. The van der Waals surface area contributed by atoms with Gasteiger partial charge in [-0.15, -0.1) is 0 Å². The highest BCUT2D eigenvalue weighted by Gasteiger charge is 2.09. The van der Waals surface area contributed by atoms with Crippen molar-refractivity contribution in [2.45, 2.75) is 26.2 Å². The number of aromatic nitrogens is 1. The minimum absolute atomic E-state index is 0.104. The monoisotopic (exact) mass is 283 g/mol. The molecule has 1 heterocycles. The first-order valence-corrected chi connectivity index (χ1v) is 7.13. The lowest BCUT2D eigenvalue weighted by molar-refractivity contribution is 0.0952. The van der Waals surface area contributed by atoms with Crippen molar-refractivity contribution in [1.29, 1.82) is 0 Å². The third-order valence-electron chi connectivity index (χ3n) is 3.47. The van der Waals surface area contributed by atoms with E-state index in [0.717, 1.165) is 12.1 Å². The fraction of sp³-hybridized carbons (Fsp3) is 0.294. The Balaban J connectivity index is 1.87. The van der Waals surface area contributed by atoms with Gasteiger partial charge in [-0.05, 0) is 37.0 Å². The molecule has 0 aliphatic rings. The first kappa shape index (κ1) is 15.0. The highest BCUT2D eigenvalue weighted by molar-refractivity contribution is 5.94. The summed E-state index contributed by atoms with van der Waals surface area (Å²) in [6.45, 7) is 4.62. The molecule has 1 amide bonds. The molecule has 4 heteroatoms. The van der Waals surface area contributed by atoms with E-state index < -0.39 is 0 Å². The summed E-state index contributed by atoms with van der Waals surface area (Å²) >= 11 is 0. The minimum atomic E-state index is -0.104. The van der Waals surface area contributed by atoms with Crippen molar-refractivity contribution >= 4 is 11.7 Å². The summed E-state index contributed by atoms with van der Waals surface area (Å²) in [6, 6.07) is 13.6. The summed E-state index contributed by atoms with van der Waals surface area (Å²) in [6.07, 6.45) is 0.898. The molecule has 0 radical (unpaired) electrons. The molecule has 2 aromatic rings. The summed E-state index contributed by atoms with van der Waals surface area (Å²) in [7, 11) is 0. The standard InChI is InChI=1S/C17H21N3O/c1-12(14-6-4-3-5-7-14)8-9-19-17(21)15-10-13(2)20-16(18)11-15/h3-7,10-12H,8-9H2,1-2H3,(H2,18,20)(H,19,21). The summed E-state index contributed by atoms with van der Waals surface area (Å²) < 4.78 is 0. The van der Waals surface area contributed by atoms with Gasteiger partial charge in [0.15, 0.2) is 0 Å². The van der Waals surface area contributed by atoms with Gasteiger partial charge in [-0.3, -0.25) is 4.79 Å². The van der Waals surface area contributed by atoms with Crippen molar-refractivity contribution in [2.75, 3.05) is 12.3 Å². The summed E-state index contributed by atoms with van der Waals surface area (Å²) in [5.74, 6) is 0.681. The largest absolute Gasteiger partial charge is 0.384 e. The lowest BCUT2D eigenvalue weighted by Crippen LogP contribution is -2.25. The number of carbonyl (C=O) groups is 1. The van der Waals surface area contributed by atoms with Crippen molar-refractivity contribution in [2.24, 2.45) is 0 Å². The van der Waals surface area contributed by atoms with Crippen molar-refractivity contribution < 1.29 is 4.79 Å². The Morgan fingerprint density at radius 3 is 2.67 bits per heavy atom. The maximum Gasteiger partial charge on any atom is 0.251 e. The Bertz CT molecular complexity index is 590. The van der Waals surface area contributed by atoms with Crippen LogP contribution in [-0.4, -0.2) is 17.4 Å². The van der Waals surface area contributed by atoms with Crippen LogP contribution in [0.5, 0.6) is 0 Å². The molecule has 0 fully saturated rings. The SMILES string of the molecule is Cc1cc(C(=O)NCCC(C)c2ccccc2)cc(N)n1. The topological polar surface area (TPSA) is 68.0 Å². The van der Waals surface area contributed by atoms with Crippen LogP contribution in [0.25, 0.3) is 0 Å². The second-order valence-electron chi connectivity index (χ2n) is 5.28. The van der Waals surface area contributed by atoms with Crippen LogP contribution >= 0.6 is 0 Å². The van der Waals surface area contributed by atoms with E-state index in [0.29, 0.717) is 23.8 Å². The number of aryl methyl sites for hydroxylation is 1. The molecule has 110 valence electrons. The zero-order valence-corrected chi connectivity index (χ0v) is 12.5. The average molecular weight is 283 g/mol. The average Bonchev–Trinajstić information content (AvgIpc) is 2.47. The van der Waals surface area contributed by atoms with Gasteiger partial charge in [0.2, 0.25) is 0 Å². The number of rotatable bonds is 5. The zero-order valence-electron chi connectivity index (χ0n) is 12.5. The Morgan fingerprint density at radius 1 is 1.29 bits per heavy atom. The quantitative estimate of drug-likeness (QED) is 0.886. The minimum Gasteiger partial charge on any atom is -0.384 e. The molecular weight excluding hydrogens is 262 g/mol. The molecule has 4 nitrogen and oxygen atoms in total. The number of anilines is 1. The molecule has 0 bridgehead atoms. The first-order chi connectivity index (χ1) is 10.1. The normalized spacial score (nSPS) is 11.9. The van der Waals surface area contributed by atoms with Crippen molar-refractivity contribution in [3.8, 4) is 0 Å². The summed E-state index contributed by atoms with van der Waals surface area (Å²) in [4.78, 5) is 16.1. The van der Waals surface area contributed by atoms with Crippen molar-refractivity contribution in [3.63, 3.8) is 0 Å². The number of hydrogen-bond donors (Lipinski definition) is 2. The van der Waals surface area contributed by atoms with Crippen LogP contribution in [0.1, 0.15) is 40.9 Å². The number of nitrogens with zero attached hydrogens (tertiary/aromatic N) is 1. The molecular formula is C17H21N3O. The molecule has 0 spiro atoms.